The molecule has 1 fully saturated rings. The van der Waals surface area contributed by atoms with Gasteiger partial charge in [0.2, 0.25) is 5.88 Å². The molecular formula is C14H24N4O. The van der Waals surface area contributed by atoms with E-state index in [1.807, 2.05) is 27.0 Å². The van der Waals surface area contributed by atoms with E-state index in [1.54, 1.807) is 6.33 Å². The Labute approximate surface area is 115 Å². The number of nitrogens with zero attached hydrogens (tertiary/aromatic N) is 2. The summed E-state index contributed by atoms with van der Waals surface area (Å²) in [5.41, 5.74) is 0. The molecule has 5 nitrogen and oxygen atoms in total. The Morgan fingerprint density at radius 3 is 2.47 bits per heavy atom. The highest BCUT2D eigenvalue weighted by molar-refractivity contribution is 5.38. The van der Waals surface area contributed by atoms with Crippen molar-refractivity contribution in [2.24, 2.45) is 0 Å². The van der Waals surface area contributed by atoms with Crippen LogP contribution in [0.25, 0.3) is 0 Å². The molecule has 19 heavy (non-hydrogen) atoms. The van der Waals surface area contributed by atoms with E-state index in [0.29, 0.717) is 18.0 Å². The van der Waals surface area contributed by atoms with Crippen LogP contribution >= 0.6 is 0 Å². The van der Waals surface area contributed by atoms with Gasteiger partial charge >= 0.3 is 0 Å². The minimum absolute atomic E-state index is 0.133. The Kier molecular flexibility index (Phi) is 4.96. The number of nitrogens with one attached hydrogen (secondary N) is 2. The number of rotatable bonds is 5. The SMILES string of the molecule is CNC1CCC(Nc2cc(OC(C)C)ncn2)CC1. The van der Waals surface area contributed by atoms with Gasteiger partial charge in [-0.1, -0.05) is 0 Å². The Hall–Kier alpha value is -1.36. The molecule has 1 heterocycles. The van der Waals surface area contributed by atoms with Gasteiger partial charge in [0.05, 0.1) is 6.10 Å². The lowest BCUT2D eigenvalue weighted by atomic mass is 9.91. The van der Waals surface area contributed by atoms with Gasteiger partial charge in [0, 0.05) is 18.2 Å². The second-order valence-electron chi connectivity index (χ2n) is 5.39. The minimum atomic E-state index is 0.133. The monoisotopic (exact) mass is 264 g/mol. The van der Waals surface area contributed by atoms with Crippen molar-refractivity contribution < 1.29 is 4.74 Å². The van der Waals surface area contributed by atoms with Crippen molar-refractivity contribution in [2.75, 3.05) is 12.4 Å². The van der Waals surface area contributed by atoms with Crippen LogP contribution in [0.1, 0.15) is 39.5 Å². The molecule has 1 aliphatic carbocycles. The summed E-state index contributed by atoms with van der Waals surface area (Å²) in [5, 5.41) is 6.83. The highest BCUT2D eigenvalue weighted by Crippen LogP contribution is 2.22. The molecule has 1 saturated carbocycles. The summed E-state index contributed by atoms with van der Waals surface area (Å²) < 4.78 is 5.58. The van der Waals surface area contributed by atoms with Gasteiger partial charge in [-0.2, -0.15) is 0 Å². The molecule has 0 radical (unpaired) electrons. The quantitative estimate of drug-likeness (QED) is 0.854. The van der Waals surface area contributed by atoms with Crippen molar-refractivity contribution in [3.63, 3.8) is 0 Å². The van der Waals surface area contributed by atoms with E-state index >= 15 is 0 Å². The van der Waals surface area contributed by atoms with E-state index in [0.717, 1.165) is 5.82 Å². The number of aromatic nitrogens is 2. The normalized spacial score (nSPS) is 23.4. The molecule has 1 aliphatic rings. The zero-order chi connectivity index (χ0) is 13.7. The van der Waals surface area contributed by atoms with Crippen LogP contribution in [0.15, 0.2) is 12.4 Å². The fraction of sp³-hybridized carbons (Fsp3) is 0.714. The van der Waals surface area contributed by atoms with E-state index < -0.39 is 0 Å². The molecule has 0 amide bonds. The van der Waals surface area contributed by atoms with Crippen molar-refractivity contribution >= 4 is 5.82 Å². The summed E-state index contributed by atoms with van der Waals surface area (Å²) >= 11 is 0. The van der Waals surface area contributed by atoms with Gasteiger partial charge in [0.1, 0.15) is 12.1 Å². The molecule has 1 aromatic rings. The molecule has 0 atom stereocenters. The summed E-state index contributed by atoms with van der Waals surface area (Å²) in [7, 11) is 2.04. The fourth-order valence-electron chi connectivity index (χ4n) is 2.46. The number of ether oxygens (including phenoxy) is 1. The van der Waals surface area contributed by atoms with Gasteiger partial charge < -0.3 is 15.4 Å². The van der Waals surface area contributed by atoms with Gasteiger partial charge in [-0.05, 0) is 46.6 Å². The van der Waals surface area contributed by atoms with Crippen LogP contribution in [0, 0.1) is 0 Å². The molecule has 5 heteroatoms. The summed E-state index contributed by atoms with van der Waals surface area (Å²) in [6.07, 6.45) is 6.47. The van der Waals surface area contributed by atoms with Crippen LogP contribution in [-0.4, -0.2) is 35.2 Å². The van der Waals surface area contributed by atoms with Crippen LogP contribution in [0.4, 0.5) is 5.82 Å². The molecule has 1 aromatic heterocycles. The Morgan fingerprint density at radius 1 is 1.16 bits per heavy atom. The van der Waals surface area contributed by atoms with Crippen molar-refractivity contribution in [1.82, 2.24) is 15.3 Å². The number of anilines is 1. The summed E-state index contributed by atoms with van der Waals surface area (Å²) in [6, 6.07) is 3.05. The average molecular weight is 264 g/mol. The number of hydrogen-bond donors (Lipinski definition) is 2. The predicted molar refractivity (Wildman–Crippen MR) is 76.5 cm³/mol. The second kappa shape index (κ2) is 6.70. The molecule has 0 unspecified atom stereocenters. The topological polar surface area (TPSA) is 59.1 Å². The fourth-order valence-corrected chi connectivity index (χ4v) is 2.46. The first-order valence-electron chi connectivity index (χ1n) is 7.10. The molecule has 0 spiro atoms. The Morgan fingerprint density at radius 2 is 1.84 bits per heavy atom. The molecule has 2 rings (SSSR count). The lowest BCUT2D eigenvalue weighted by Gasteiger charge is -2.29. The molecule has 0 saturated heterocycles. The van der Waals surface area contributed by atoms with Gasteiger partial charge in [-0.15, -0.1) is 0 Å². The summed E-state index contributed by atoms with van der Waals surface area (Å²) in [4.78, 5) is 8.38. The highest BCUT2D eigenvalue weighted by Gasteiger charge is 2.20. The molecule has 2 N–H and O–H groups in total. The molecular weight excluding hydrogens is 240 g/mol. The van der Waals surface area contributed by atoms with Crippen molar-refractivity contribution in [2.45, 2.75) is 57.7 Å². The van der Waals surface area contributed by atoms with Gasteiger partial charge in [-0.3, -0.25) is 0 Å². The third kappa shape index (κ3) is 4.35. The maximum Gasteiger partial charge on any atom is 0.218 e. The first-order valence-corrected chi connectivity index (χ1v) is 7.10. The van der Waals surface area contributed by atoms with E-state index in [9.17, 15) is 0 Å². The smallest absolute Gasteiger partial charge is 0.218 e. The van der Waals surface area contributed by atoms with Crippen LogP contribution < -0.4 is 15.4 Å². The standard InChI is InChI=1S/C14H24N4O/c1-10(2)19-14-8-13(16-9-17-14)18-12-6-4-11(15-3)5-7-12/h8-12,15H,4-7H2,1-3H3,(H,16,17,18). The Balaban J connectivity index is 1.89. The van der Waals surface area contributed by atoms with Crippen molar-refractivity contribution in [3.8, 4) is 5.88 Å². The van der Waals surface area contributed by atoms with Crippen LogP contribution in [0.3, 0.4) is 0 Å². The second-order valence-corrected chi connectivity index (χ2v) is 5.39. The summed E-state index contributed by atoms with van der Waals surface area (Å²) in [5.74, 6) is 1.50. The highest BCUT2D eigenvalue weighted by atomic mass is 16.5. The molecule has 0 aliphatic heterocycles. The van der Waals surface area contributed by atoms with E-state index in [4.69, 9.17) is 4.74 Å². The van der Waals surface area contributed by atoms with E-state index in [1.165, 1.54) is 25.7 Å². The van der Waals surface area contributed by atoms with Crippen LogP contribution in [0.5, 0.6) is 5.88 Å². The predicted octanol–water partition coefficient (Wildman–Crippen LogP) is 2.21. The molecule has 0 bridgehead atoms. The largest absolute Gasteiger partial charge is 0.475 e. The lowest BCUT2D eigenvalue weighted by molar-refractivity contribution is 0.232. The van der Waals surface area contributed by atoms with Crippen LogP contribution in [0.2, 0.25) is 0 Å². The third-order valence-electron chi connectivity index (χ3n) is 3.49. The van der Waals surface area contributed by atoms with Crippen LogP contribution in [-0.2, 0) is 0 Å². The first kappa shape index (κ1) is 14.1. The van der Waals surface area contributed by atoms with Crippen molar-refractivity contribution in [3.05, 3.63) is 12.4 Å². The maximum atomic E-state index is 5.58. The summed E-state index contributed by atoms with van der Waals surface area (Å²) in [6.45, 7) is 3.99. The minimum Gasteiger partial charge on any atom is -0.475 e. The zero-order valence-electron chi connectivity index (χ0n) is 12.0. The third-order valence-corrected chi connectivity index (χ3v) is 3.49. The van der Waals surface area contributed by atoms with E-state index in [2.05, 4.69) is 20.6 Å². The van der Waals surface area contributed by atoms with Gasteiger partial charge in [0.25, 0.3) is 0 Å². The maximum absolute atomic E-state index is 5.58. The Bertz CT molecular complexity index is 389. The van der Waals surface area contributed by atoms with Gasteiger partial charge in [-0.25, -0.2) is 9.97 Å². The first-order chi connectivity index (χ1) is 9.17. The molecule has 0 aromatic carbocycles. The lowest BCUT2D eigenvalue weighted by Crippen LogP contribution is -2.35. The average Bonchev–Trinajstić information content (AvgIpc) is 2.39. The van der Waals surface area contributed by atoms with Crippen molar-refractivity contribution in [1.29, 1.82) is 0 Å². The molecule has 106 valence electrons. The van der Waals surface area contributed by atoms with Gasteiger partial charge in [0.15, 0.2) is 0 Å². The van der Waals surface area contributed by atoms with E-state index in [-0.39, 0.29) is 6.10 Å². The number of hydrogen-bond acceptors (Lipinski definition) is 5. The zero-order valence-corrected chi connectivity index (χ0v) is 12.0.